The molecule has 1 aromatic heterocycles. The molecule has 0 bridgehead atoms. The van der Waals surface area contributed by atoms with Gasteiger partial charge >= 0.3 is 0 Å². The molecule has 5 heteroatoms. The second kappa shape index (κ2) is 4.38. The summed E-state index contributed by atoms with van der Waals surface area (Å²) in [6.07, 6.45) is 1.53. The van der Waals surface area contributed by atoms with Crippen LogP contribution >= 0.6 is 23.7 Å². The number of ketones is 1. The highest BCUT2D eigenvalue weighted by atomic mass is 35.5. The molecule has 0 aromatic carbocycles. The molecule has 0 amide bonds. The lowest BCUT2D eigenvalue weighted by atomic mass is 10.4. The standard InChI is InChI=1S/C5H6N2OS.ClH/c6-1-4(8)5-2-7-3-9-5;/h2-3H,1,6H2;1H. The van der Waals surface area contributed by atoms with Crippen LogP contribution in [0.2, 0.25) is 0 Å². The summed E-state index contributed by atoms with van der Waals surface area (Å²) >= 11 is 1.31. The third kappa shape index (κ3) is 2.06. The number of hydrogen-bond acceptors (Lipinski definition) is 4. The van der Waals surface area contributed by atoms with Crippen LogP contribution in [0.25, 0.3) is 0 Å². The van der Waals surface area contributed by atoms with E-state index in [2.05, 4.69) is 4.98 Å². The molecule has 1 heterocycles. The molecular weight excluding hydrogens is 172 g/mol. The fourth-order valence-electron chi connectivity index (χ4n) is 0.454. The molecule has 0 spiro atoms. The number of nitrogens with zero attached hydrogens (tertiary/aromatic N) is 1. The van der Waals surface area contributed by atoms with E-state index in [1.807, 2.05) is 0 Å². The zero-order chi connectivity index (χ0) is 6.69. The zero-order valence-corrected chi connectivity index (χ0v) is 6.74. The molecule has 0 unspecified atom stereocenters. The Bertz CT molecular complexity index is 199. The largest absolute Gasteiger partial charge is 0.324 e. The molecule has 0 aliphatic heterocycles. The summed E-state index contributed by atoms with van der Waals surface area (Å²) < 4.78 is 0. The van der Waals surface area contributed by atoms with Crippen molar-refractivity contribution in [1.29, 1.82) is 0 Å². The monoisotopic (exact) mass is 178 g/mol. The van der Waals surface area contributed by atoms with E-state index >= 15 is 0 Å². The summed E-state index contributed by atoms with van der Waals surface area (Å²) in [6, 6.07) is 0. The van der Waals surface area contributed by atoms with Crippen molar-refractivity contribution < 1.29 is 4.79 Å². The minimum Gasteiger partial charge on any atom is -0.324 e. The van der Waals surface area contributed by atoms with Crippen molar-refractivity contribution in [2.75, 3.05) is 6.54 Å². The van der Waals surface area contributed by atoms with Gasteiger partial charge in [0, 0.05) is 6.20 Å². The van der Waals surface area contributed by atoms with Gasteiger partial charge in [-0.15, -0.1) is 23.7 Å². The molecule has 0 aliphatic rings. The van der Waals surface area contributed by atoms with Crippen molar-refractivity contribution in [3.05, 3.63) is 16.6 Å². The lowest BCUT2D eigenvalue weighted by Crippen LogP contribution is -2.11. The molecule has 1 rings (SSSR count). The van der Waals surface area contributed by atoms with Crippen molar-refractivity contribution in [3.63, 3.8) is 0 Å². The Kier molecular flexibility index (Phi) is 4.18. The van der Waals surface area contributed by atoms with Gasteiger partial charge < -0.3 is 5.73 Å². The molecule has 0 fully saturated rings. The maximum Gasteiger partial charge on any atom is 0.187 e. The molecular formula is C5H7ClN2OS. The van der Waals surface area contributed by atoms with E-state index in [0.717, 1.165) is 0 Å². The quantitative estimate of drug-likeness (QED) is 0.679. The number of nitrogens with two attached hydrogens (primary N) is 1. The second-order valence-corrected chi connectivity index (χ2v) is 2.38. The van der Waals surface area contributed by atoms with Gasteiger partial charge in [0.25, 0.3) is 0 Å². The summed E-state index contributed by atoms with van der Waals surface area (Å²) in [7, 11) is 0. The topological polar surface area (TPSA) is 56.0 Å². The Labute approximate surface area is 68.7 Å². The normalized spacial score (nSPS) is 8.50. The minimum atomic E-state index is -0.0440. The molecule has 0 saturated carbocycles. The molecule has 0 saturated heterocycles. The van der Waals surface area contributed by atoms with Crippen LogP contribution < -0.4 is 5.73 Å². The van der Waals surface area contributed by atoms with E-state index in [4.69, 9.17) is 5.73 Å². The fraction of sp³-hybridized carbons (Fsp3) is 0.200. The van der Waals surface area contributed by atoms with Gasteiger partial charge in [-0.2, -0.15) is 0 Å². The van der Waals surface area contributed by atoms with Gasteiger partial charge in [0.15, 0.2) is 5.78 Å². The first-order valence-corrected chi connectivity index (χ1v) is 3.34. The molecule has 0 radical (unpaired) electrons. The molecule has 0 aliphatic carbocycles. The molecule has 2 N–H and O–H groups in total. The maximum atomic E-state index is 10.7. The maximum absolute atomic E-state index is 10.7. The molecule has 1 aromatic rings. The zero-order valence-electron chi connectivity index (χ0n) is 5.11. The lowest BCUT2D eigenvalue weighted by Gasteiger charge is -1.85. The van der Waals surface area contributed by atoms with E-state index in [9.17, 15) is 4.79 Å². The summed E-state index contributed by atoms with van der Waals surface area (Å²) in [5.74, 6) is -0.0440. The first-order chi connectivity index (χ1) is 4.34. The van der Waals surface area contributed by atoms with Gasteiger partial charge in [-0.1, -0.05) is 0 Å². The molecule has 0 atom stereocenters. The van der Waals surface area contributed by atoms with E-state index in [1.165, 1.54) is 17.5 Å². The number of hydrogen-bond donors (Lipinski definition) is 1. The number of thiazole rings is 1. The van der Waals surface area contributed by atoms with E-state index in [0.29, 0.717) is 4.88 Å². The van der Waals surface area contributed by atoms with E-state index < -0.39 is 0 Å². The van der Waals surface area contributed by atoms with Crippen molar-refractivity contribution >= 4 is 29.5 Å². The van der Waals surface area contributed by atoms with Gasteiger partial charge in [-0.3, -0.25) is 9.78 Å². The van der Waals surface area contributed by atoms with Crippen molar-refractivity contribution in [1.82, 2.24) is 4.98 Å². The highest BCUT2D eigenvalue weighted by Crippen LogP contribution is 2.04. The van der Waals surface area contributed by atoms with Crippen molar-refractivity contribution in [2.45, 2.75) is 0 Å². The smallest absolute Gasteiger partial charge is 0.187 e. The van der Waals surface area contributed by atoms with E-state index in [1.54, 1.807) is 5.51 Å². The molecule has 56 valence electrons. The van der Waals surface area contributed by atoms with Gasteiger partial charge in [0.1, 0.15) is 0 Å². The lowest BCUT2D eigenvalue weighted by molar-refractivity contribution is 0.100. The van der Waals surface area contributed by atoms with Crippen molar-refractivity contribution in [2.24, 2.45) is 5.73 Å². The minimum absolute atomic E-state index is 0. The number of aromatic nitrogens is 1. The Hall–Kier alpha value is -0.450. The fourth-order valence-corrected chi connectivity index (χ4v) is 1.03. The van der Waals surface area contributed by atoms with Gasteiger partial charge in [0.05, 0.1) is 16.9 Å². The number of carbonyl (C=O) groups is 1. The molecule has 3 nitrogen and oxygen atoms in total. The third-order valence-corrected chi connectivity index (χ3v) is 1.71. The Morgan fingerprint density at radius 2 is 2.50 bits per heavy atom. The Balaban J connectivity index is 0.000000810. The van der Waals surface area contributed by atoms with Crippen LogP contribution in [0.5, 0.6) is 0 Å². The summed E-state index contributed by atoms with van der Waals surface area (Å²) in [5.41, 5.74) is 6.71. The van der Waals surface area contributed by atoms with Crippen LogP contribution in [0.4, 0.5) is 0 Å². The first kappa shape index (κ1) is 9.55. The number of halogens is 1. The molecule has 10 heavy (non-hydrogen) atoms. The number of rotatable bonds is 2. The third-order valence-electron chi connectivity index (χ3n) is 0.893. The van der Waals surface area contributed by atoms with E-state index in [-0.39, 0.29) is 24.7 Å². The van der Waals surface area contributed by atoms with Crippen LogP contribution in [-0.4, -0.2) is 17.3 Å². The SMILES string of the molecule is Cl.NCC(=O)c1cncs1. The average Bonchev–Trinajstić information content (AvgIpc) is 2.37. The van der Waals surface area contributed by atoms with Crippen LogP contribution in [0.15, 0.2) is 11.7 Å². The summed E-state index contributed by atoms with van der Waals surface area (Å²) in [6.45, 7) is 0.0716. The van der Waals surface area contributed by atoms with Crippen LogP contribution in [-0.2, 0) is 0 Å². The summed E-state index contributed by atoms with van der Waals surface area (Å²) in [5, 5.41) is 0. The van der Waals surface area contributed by atoms with Crippen molar-refractivity contribution in [3.8, 4) is 0 Å². The summed E-state index contributed by atoms with van der Waals surface area (Å²) in [4.78, 5) is 15.1. The van der Waals surface area contributed by atoms with Gasteiger partial charge in [-0.25, -0.2) is 0 Å². The van der Waals surface area contributed by atoms with Gasteiger partial charge in [-0.05, 0) is 0 Å². The Morgan fingerprint density at radius 3 is 2.90 bits per heavy atom. The van der Waals surface area contributed by atoms with Crippen LogP contribution in [0.1, 0.15) is 9.67 Å². The van der Waals surface area contributed by atoms with Crippen LogP contribution in [0, 0.1) is 0 Å². The van der Waals surface area contributed by atoms with Crippen LogP contribution in [0.3, 0.4) is 0 Å². The Morgan fingerprint density at radius 1 is 1.80 bits per heavy atom. The average molecular weight is 179 g/mol. The van der Waals surface area contributed by atoms with Gasteiger partial charge in [0.2, 0.25) is 0 Å². The number of carbonyl (C=O) groups excluding carboxylic acids is 1. The highest BCUT2D eigenvalue weighted by Gasteiger charge is 2.02. The second-order valence-electron chi connectivity index (χ2n) is 1.49. The number of Topliss-reactive ketones (excluding diaryl/α,β-unsaturated/α-hetero) is 1. The predicted octanol–water partition coefficient (Wildman–Crippen LogP) is 0.706. The predicted molar refractivity (Wildman–Crippen MR) is 42.7 cm³/mol. The first-order valence-electron chi connectivity index (χ1n) is 2.46. The highest BCUT2D eigenvalue weighted by molar-refractivity contribution is 7.11.